The van der Waals surface area contributed by atoms with Gasteiger partial charge >= 0.3 is 0 Å². The van der Waals surface area contributed by atoms with E-state index in [1.807, 2.05) is 39.0 Å². The molecule has 5 nitrogen and oxygen atoms in total. The number of carbonyl (C=O) groups excluding carboxylic acids is 1. The van der Waals surface area contributed by atoms with E-state index in [-0.39, 0.29) is 11.9 Å². The molecular weight excluding hydrogens is 280 g/mol. The molecule has 0 spiro atoms. The molecule has 0 aliphatic rings. The molecule has 1 unspecified atom stereocenters. The molecule has 0 saturated heterocycles. The minimum absolute atomic E-state index is 0.0243. The van der Waals surface area contributed by atoms with Gasteiger partial charge in [0.2, 0.25) is 0 Å². The number of nitrogens with one attached hydrogen (secondary N) is 2. The number of hydrogen-bond acceptors (Lipinski definition) is 6. The van der Waals surface area contributed by atoms with E-state index in [2.05, 4.69) is 15.6 Å². The van der Waals surface area contributed by atoms with Gasteiger partial charge < -0.3 is 15.5 Å². The molecule has 0 aliphatic heterocycles. The standard InChI is InChI=1S/C12H18N4OS2/c1-7(13-2)6-14-10(17)8-5-9-11(18-8)15-12(19-9)16(3)4/h5,7,13H,6H2,1-4H3,(H,14,17). The van der Waals surface area contributed by atoms with Gasteiger partial charge in [-0.1, -0.05) is 11.3 Å². The molecule has 2 N–H and O–H groups in total. The molecule has 104 valence electrons. The first kappa shape index (κ1) is 14.2. The lowest BCUT2D eigenvalue weighted by Gasteiger charge is -2.10. The van der Waals surface area contributed by atoms with Gasteiger partial charge in [0.15, 0.2) is 5.13 Å². The smallest absolute Gasteiger partial charge is 0.261 e. The average molecular weight is 298 g/mol. The number of nitrogens with zero attached hydrogens (tertiary/aromatic N) is 2. The fourth-order valence-corrected chi connectivity index (χ4v) is 3.51. The van der Waals surface area contributed by atoms with E-state index in [1.54, 1.807) is 11.3 Å². The van der Waals surface area contributed by atoms with Crippen LogP contribution in [0.3, 0.4) is 0 Å². The van der Waals surface area contributed by atoms with E-state index in [9.17, 15) is 4.79 Å². The van der Waals surface area contributed by atoms with Gasteiger partial charge in [-0.25, -0.2) is 4.98 Å². The predicted octanol–water partition coefficient (Wildman–Crippen LogP) is 1.76. The Morgan fingerprint density at radius 1 is 1.47 bits per heavy atom. The SMILES string of the molecule is CNC(C)CNC(=O)c1cc2sc(N(C)C)nc2s1. The summed E-state index contributed by atoms with van der Waals surface area (Å²) in [6.07, 6.45) is 0. The Balaban J connectivity index is 2.08. The summed E-state index contributed by atoms with van der Waals surface area (Å²) < 4.78 is 1.07. The number of thiophene rings is 1. The zero-order chi connectivity index (χ0) is 14.0. The molecule has 0 radical (unpaired) electrons. The number of hydrogen-bond donors (Lipinski definition) is 2. The molecule has 7 heteroatoms. The average Bonchev–Trinajstić information content (AvgIpc) is 2.93. The number of anilines is 1. The van der Waals surface area contributed by atoms with E-state index < -0.39 is 0 Å². The molecule has 2 aromatic heterocycles. The number of likely N-dealkylation sites (N-methyl/N-ethyl adjacent to an activating group) is 1. The van der Waals surface area contributed by atoms with Gasteiger partial charge in [-0.2, -0.15) is 0 Å². The molecule has 19 heavy (non-hydrogen) atoms. The summed E-state index contributed by atoms with van der Waals surface area (Å²) in [6.45, 7) is 2.65. The lowest BCUT2D eigenvalue weighted by atomic mass is 10.3. The lowest BCUT2D eigenvalue weighted by molar-refractivity contribution is 0.0954. The molecule has 0 fully saturated rings. The van der Waals surface area contributed by atoms with Gasteiger partial charge in [-0.05, 0) is 20.0 Å². The van der Waals surface area contributed by atoms with Crippen molar-refractivity contribution in [1.82, 2.24) is 15.6 Å². The fourth-order valence-electron chi connectivity index (χ4n) is 1.46. The van der Waals surface area contributed by atoms with Crippen LogP contribution in [0.2, 0.25) is 0 Å². The zero-order valence-corrected chi connectivity index (χ0v) is 13.1. The van der Waals surface area contributed by atoms with Crippen LogP contribution in [0.5, 0.6) is 0 Å². The number of carbonyl (C=O) groups is 1. The first-order valence-electron chi connectivity index (χ1n) is 6.04. The van der Waals surface area contributed by atoms with Gasteiger partial charge in [-0.15, -0.1) is 11.3 Å². The molecule has 0 saturated carbocycles. The van der Waals surface area contributed by atoms with Crippen LogP contribution in [-0.2, 0) is 0 Å². The lowest BCUT2D eigenvalue weighted by Crippen LogP contribution is -2.36. The van der Waals surface area contributed by atoms with Gasteiger partial charge in [0, 0.05) is 26.7 Å². The van der Waals surface area contributed by atoms with Crippen LogP contribution >= 0.6 is 22.7 Å². The number of aromatic nitrogens is 1. The summed E-state index contributed by atoms with van der Waals surface area (Å²) in [5, 5.41) is 6.97. The third-order valence-electron chi connectivity index (χ3n) is 2.75. The van der Waals surface area contributed by atoms with E-state index in [0.717, 1.165) is 19.5 Å². The number of amides is 1. The van der Waals surface area contributed by atoms with Crippen molar-refractivity contribution >= 4 is 43.2 Å². The quantitative estimate of drug-likeness (QED) is 0.883. The monoisotopic (exact) mass is 298 g/mol. The Bertz CT molecular complexity index is 544. The summed E-state index contributed by atoms with van der Waals surface area (Å²) in [5.74, 6) is -0.0243. The Hall–Kier alpha value is -1.18. The minimum atomic E-state index is -0.0243. The number of thiazole rings is 1. The van der Waals surface area contributed by atoms with Crippen LogP contribution in [0.25, 0.3) is 9.53 Å². The third-order valence-corrected chi connectivity index (χ3v) is 5.07. The summed E-state index contributed by atoms with van der Waals surface area (Å²) in [4.78, 5) is 20.1. The molecular formula is C12H18N4OS2. The Morgan fingerprint density at radius 3 is 2.79 bits per heavy atom. The van der Waals surface area contributed by atoms with E-state index in [1.165, 1.54) is 11.3 Å². The molecule has 2 rings (SSSR count). The largest absolute Gasteiger partial charge is 0.354 e. The van der Waals surface area contributed by atoms with Crippen LogP contribution in [0.1, 0.15) is 16.6 Å². The first-order valence-corrected chi connectivity index (χ1v) is 7.67. The molecule has 1 amide bonds. The van der Waals surface area contributed by atoms with E-state index >= 15 is 0 Å². The Labute approximate surface area is 120 Å². The van der Waals surface area contributed by atoms with E-state index in [4.69, 9.17) is 0 Å². The van der Waals surface area contributed by atoms with Crippen LogP contribution in [-0.4, -0.2) is 44.6 Å². The fraction of sp³-hybridized carbons (Fsp3) is 0.500. The van der Waals surface area contributed by atoms with Gasteiger partial charge in [0.05, 0.1) is 9.58 Å². The second-order valence-electron chi connectivity index (χ2n) is 4.57. The Morgan fingerprint density at radius 2 is 2.21 bits per heavy atom. The normalized spacial score (nSPS) is 12.6. The second kappa shape index (κ2) is 5.85. The number of rotatable bonds is 5. The topological polar surface area (TPSA) is 57.3 Å². The van der Waals surface area contributed by atoms with Gasteiger partial charge in [0.1, 0.15) is 4.83 Å². The van der Waals surface area contributed by atoms with Crippen molar-refractivity contribution in [3.05, 3.63) is 10.9 Å². The minimum Gasteiger partial charge on any atom is -0.354 e. The van der Waals surface area contributed by atoms with E-state index in [0.29, 0.717) is 6.54 Å². The maximum Gasteiger partial charge on any atom is 0.261 e. The van der Waals surface area contributed by atoms with Crippen molar-refractivity contribution < 1.29 is 4.79 Å². The predicted molar refractivity (Wildman–Crippen MR) is 82.7 cm³/mol. The van der Waals surface area contributed by atoms with Crippen LogP contribution < -0.4 is 15.5 Å². The van der Waals surface area contributed by atoms with Crippen LogP contribution in [0.4, 0.5) is 5.13 Å². The highest BCUT2D eigenvalue weighted by molar-refractivity contribution is 7.29. The van der Waals surface area contributed by atoms with Crippen molar-refractivity contribution in [3.63, 3.8) is 0 Å². The Kier molecular flexibility index (Phi) is 4.38. The van der Waals surface area contributed by atoms with Crippen molar-refractivity contribution in [1.29, 1.82) is 0 Å². The first-order chi connectivity index (χ1) is 9.01. The molecule has 2 heterocycles. The summed E-state index contributed by atoms with van der Waals surface area (Å²) in [5.41, 5.74) is 0. The second-order valence-corrected chi connectivity index (χ2v) is 6.61. The van der Waals surface area contributed by atoms with Crippen LogP contribution in [0.15, 0.2) is 6.07 Å². The maximum absolute atomic E-state index is 12.0. The molecule has 1 atom stereocenters. The zero-order valence-electron chi connectivity index (χ0n) is 11.5. The highest BCUT2D eigenvalue weighted by Gasteiger charge is 2.14. The number of fused-ring (bicyclic) bond motifs is 1. The maximum atomic E-state index is 12.0. The highest BCUT2D eigenvalue weighted by Crippen LogP contribution is 2.33. The van der Waals surface area contributed by atoms with Crippen LogP contribution in [0, 0.1) is 0 Å². The summed E-state index contributed by atoms with van der Waals surface area (Å²) in [7, 11) is 5.81. The third kappa shape index (κ3) is 3.23. The van der Waals surface area contributed by atoms with Crippen molar-refractivity contribution in [2.24, 2.45) is 0 Å². The van der Waals surface area contributed by atoms with Crippen molar-refractivity contribution in [2.45, 2.75) is 13.0 Å². The van der Waals surface area contributed by atoms with Gasteiger partial charge in [0.25, 0.3) is 5.91 Å². The van der Waals surface area contributed by atoms with Gasteiger partial charge in [-0.3, -0.25) is 4.79 Å². The molecule has 0 aliphatic carbocycles. The molecule has 0 aromatic carbocycles. The highest BCUT2D eigenvalue weighted by atomic mass is 32.1. The molecule has 2 aromatic rings. The van der Waals surface area contributed by atoms with Crippen molar-refractivity contribution in [2.75, 3.05) is 32.6 Å². The van der Waals surface area contributed by atoms with Crippen molar-refractivity contribution in [3.8, 4) is 0 Å². The summed E-state index contributed by atoms with van der Waals surface area (Å²) >= 11 is 3.05. The molecule has 0 bridgehead atoms. The summed E-state index contributed by atoms with van der Waals surface area (Å²) in [6, 6.07) is 2.19.